The van der Waals surface area contributed by atoms with E-state index in [2.05, 4.69) is 45.1 Å². The lowest BCUT2D eigenvalue weighted by Gasteiger charge is -2.24. The van der Waals surface area contributed by atoms with Crippen molar-refractivity contribution in [3.63, 3.8) is 0 Å². The Labute approximate surface area is 129 Å². The number of ether oxygens (including phenoxy) is 2. The average molecular weight is 291 g/mol. The van der Waals surface area contributed by atoms with Gasteiger partial charge in [-0.1, -0.05) is 20.8 Å². The first-order valence-corrected chi connectivity index (χ1v) is 7.90. The molecule has 0 bridgehead atoms. The number of nitrogens with one attached hydrogen (secondary N) is 1. The second kappa shape index (κ2) is 6.27. The van der Waals surface area contributed by atoms with Crippen LogP contribution in [-0.4, -0.2) is 20.8 Å². The van der Waals surface area contributed by atoms with Crippen molar-refractivity contribution in [2.24, 2.45) is 11.3 Å². The molecule has 1 N–H and O–H groups in total. The molecule has 118 valence electrons. The Balaban J connectivity index is 2.35. The molecule has 3 nitrogen and oxygen atoms in total. The molecular weight excluding hydrogens is 262 g/mol. The summed E-state index contributed by atoms with van der Waals surface area (Å²) in [6.07, 6.45) is 2.43. The molecule has 3 heteroatoms. The van der Waals surface area contributed by atoms with Crippen LogP contribution in [0.4, 0.5) is 0 Å². The summed E-state index contributed by atoms with van der Waals surface area (Å²) in [6.45, 7) is 10.1. The van der Waals surface area contributed by atoms with Crippen LogP contribution < -0.4 is 14.8 Å². The molecule has 0 aliphatic heterocycles. The van der Waals surface area contributed by atoms with E-state index in [-0.39, 0.29) is 0 Å². The molecule has 1 aliphatic carbocycles. The molecule has 0 spiro atoms. The first kappa shape index (κ1) is 16.2. The van der Waals surface area contributed by atoms with Gasteiger partial charge < -0.3 is 14.8 Å². The highest BCUT2D eigenvalue weighted by atomic mass is 16.5. The fourth-order valence-electron chi connectivity index (χ4n) is 3.18. The van der Waals surface area contributed by atoms with Crippen LogP contribution >= 0.6 is 0 Å². The molecule has 1 saturated carbocycles. The topological polar surface area (TPSA) is 30.5 Å². The third-order valence-corrected chi connectivity index (χ3v) is 4.71. The molecule has 21 heavy (non-hydrogen) atoms. The minimum absolute atomic E-state index is 0.403. The van der Waals surface area contributed by atoms with E-state index in [1.54, 1.807) is 14.2 Å². The first-order valence-electron chi connectivity index (χ1n) is 7.90. The number of aryl methyl sites for hydroxylation is 1. The summed E-state index contributed by atoms with van der Waals surface area (Å²) in [5.41, 5.74) is 3.05. The van der Waals surface area contributed by atoms with Crippen molar-refractivity contribution >= 4 is 0 Å². The summed E-state index contributed by atoms with van der Waals surface area (Å²) < 4.78 is 10.9. The number of benzene rings is 1. The maximum atomic E-state index is 5.49. The van der Waals surface area contributed by atoms with Crippen LogP contribution in [0.2, 0.25) is 0 Å². The summed E-state index contributed by atoms with van der Waals surface area (Å²) in [5, 5.41) is 3.74. The van der Waals surface area contributed by atoms with E-state index in [4.69, 9.17) is 9.47 Å². The molecule has 1 aromatic carbocycles. The Kier molecular flexibility index (Phi) is 4.82. The SMILES string of the molecule is CCCNC(c1cc(OC)c(OC)cc1C)C1CC1(C)C. The quantitative estimate of drug-likeness (QED) is 0.820. The van der Waals surface area contributed by atoms with Gasteiger partial charge in [0.05, 0.1) is 14.2 Å². The standard InChI is InChI=1S/C18H29NO2/c1-7-8-19-17(14-11-18(14,3)4)13-10-16(21-6)15(20-5)9-12(13)2/h9-10,14,17,19H,7-8,11H2,1-6H3. The smallest absolute Gasteiger partial charge is 0.161 e. The van der Waals surface area contributed by atoms with Crippen molar-refractivity contribution in [1.29, 1.82) is 0 Å². The van der Waals surface area contributed by atoms with Gasteiger partial charge in [0.1, 0.15) is 0 Å². The number of methoxy groups -OCH3 is 2. The van der Waals surface area contributed by atoms with Crippen LogP contribution in [0.3, 0.4) is 0 Å². The second-order valence-corrected chi connectivity index (χ2v) is 6.79. The Morgan fingerprint density at radius 3 is 2.29 bits per heavy atom. The van der Waals surface area contributed by atoms with Crippen molar-refractivity contribution in [3.05, 3.63) is 23.3 Å². The normalized spacial score (nSPS) is 21.0. The summed E-state index contributed by atoms with van der Waals surface area (Å²) in [6, 6.07) is 4.64. The molecule has 1 aromatic rings. The number of hydrogen-bond acceptors (Lipinski definition) is 3. The van der Waals surface area contributed by atoms with Crippen molar-refractivity contribution in [2.75, 3.05) is 20.8 Å². The van der Waals surface area contributed by atoms with Crippen LogP contribution in [0.5, 0.6) is 11.5 Å². The molecule has 1 fully saturated rings. The van der Waals surface area contributed by atoms with Crippen molar-refractivity contribution in [2.45, 2.75) is 46.6 Å². The van der Waals surface area contributed by atoms with Crippen molar-refractivity contribution in [3.8, 4) is 11.5 Å². The van der Waals surface area contributed by atoms with Crippen LogP contribution in [-0.2, 0) is 0 Å². The van der Waals surface area contributed by atoms with E-state index >= 15 is 0 Å². The van der Waals surface area contributed by atoms with Gasteiger partial charge in [0.15, 0.2) is 11.5 Å². The maximum absolute atomic E-state index is 5.49. The molecule has 0 aromatic heterocycles. The molecule has 0 saturated heterocycles. The first-order chi connectivity index (χ1) is 9.94. The summed E-state index contributed by atoms with van der Waals surface area (Å²) in [7, 11) is 3.39. The molecule has 1 aliphatic rings. The molecule has 2 rings (SSSR count). The summed E-state index contributed by atoms with van der Waals surface area (Å²) in [4.78, 5) is 0. The highest BCUT2D eigenvalue weighted by Crippen LogP contribution is 2.58. The average Bonchev–Trinajstić information content (AvgIpc) is 3.08. The Hall–Kier alpha value is -1.22. The predicted molar refractivity (Wildman–Crippen MR) is 87.2 cm³/mol. The van der Waals surface area contributed by atoms with Gasteiger partial charge >= 0.3 is 0 Å². The van der Waals surface area contributed by atoms with Crippen molar-refractivity contribution < 1.29 is 9.47 Å². The van der Waals surface area contributed by atoms with E-state index < -0.39 is 0 Å². The fraction of sp³-hybridized carbons (Fsp3) is 0.667. The highest BCUT2D eigenvalue weighted by molar-refractivity contribution is 5.48. The maximum Gasteiger partial charge on any atom is 0.161 e. The molecule has 0 radical (unpaired) electrons. The summed E-state index contributed by atoms with van der Waals surface area (Å²) in [5.74, 6) is 2.32. The molecular formula is C18H29NO2. The lowest BCUT2D eigenvalue weighted by molar-refractivity contribution is 0.351. The van der Waals surface area contributed by atoms with Gasteiger partial charge in [0.25, 0.3) is 0 Å². The zero-order chi connectivity index (χ0) is 15.6. The van der Waals surface area contributed by atoms with Gasteiger partial charge in [-0.2, -0.15) is 0 Å². The van der Waals surface area contributed by atoms with Gasteiger partial charge in [-0.25, -0.2) is 0 Å². The minimum atomic E-state index is 0.403. The lowest BCUT2D eigenvalue weighted by Crippen LogP contribution is -2.26. The van der Waals surface area contributed by atoms with Gasteiger partial charge in [-0.15, -0.1) is 0 Å². The number of hydrogen-bond donors (Lipinski definition) is 1. The largest absolute Gasteiger partial charge is 0.493 e. The fourth-order valence-corrected chi connectivity index (χ4v) is 3.18. The molecule has 0 amide bonds. The minimum Gasteiger partial charge on any atom is -0.493 e. The highest BCUT2D eigenvalue weighted by Gasteiger charge is 2.50. The number of rotatable bonds is 7. The van der Waals surface area contributed by atoms with E-state index in [0.717, 1.165) is 24.5 Å². The Bertz CT molecular complexity index is 496. The molecule has 0 heterocycles. The van der Waals surface area contributed by atoms with Gasteiger partial charge in [0.2, 0.25) is 0 Å². The van der Waals surface area contributed by atoms with Crippen LogP contribution in [0.1, 0.15) is 50.8 Å². The van der Waals surface area contributed by atoms with Gasteiger partial charge in [0, 0.05) is 6.04 Å². The van der Waals surface area contributed by atoms with Crippen LogP contribution in [0.15, 0.2) is 12.1 Å². The predicted octanol–water partition coefficient (Wildman–Crippen LogP) is 4.10. The Morgan fingerprint density at radius 2 is 1.81 bits per heavy atom. The van der Waals surface area contributed by atoms with Gasteiger partial charge in [-0.05, 0) is 60.9 Å². The van der Waals surface area contributed by atoms with E-state index in [0.29, 0.717) is 17.4 Å². The third kappa shape index (κ3) is 3.34. The van der Waals surface area contributed by atoms with E-state index in [9.17, 15) is 0 Å². The zero-order valence-corrected chi connectivity index (χ0v) is 14.2. The van der Waals surface area contributed by atoms with Crippen LogP contribution in [0, 0.1) is 18.3 Å². The van der Waals surface area contributed by atoms with E-state index in [1.165, 1.54) is 17.5 Å². The third-order valence-electron chi connectivity index (χ3n) is 4.71. The summed E-state index contributed by atoms with van der Waals surface area (Å²) >= 11 is 0. The monoisotopic (exact) mass is 291 g/mol. The lowest BCUT2D eigenvalue weighted by atomic mass is 9.93. The molecule has 2 unspecified atom stereocenters. The molecule has 2 atom stereocenters. The van der Waals surface area contributed by atoms with E-state index in [1.807, 2.05) is 0 Å². The Morgan fingerprint density at radius 1 is 1.24 bits per heavy atom. The zero-order valence-electron chi connectivity index (χ0n) is 14.2. The van der Waals surface area contributed by atoms with Crippen LogP contribution in [0.25, 0.3) is 0 Å². The van der Waals surface area contributed by atoms with Crippen molar-refractivity contribution in [1.82, 2.24) is 5.32 Å². The van der Waals surface area contributed by atoms with Gasteiger partial charge in [-0.3, -0.25) is 0 Å². The second-order valence-electron chi connectivity index (χ2n) is 6.79.